The topological polar surface area (TPSA) is 63.2 Å². The lowest BCUT2D eigenvalue weighted by atomic mass is 10.1. The number of rotatable bonds is 4. The summed E-state index contributed by atoms with van der Waals surface area (Å²) in [6.45, 7) is 1.41. The van der Waals surface area contributed by atoms with Crippen LogP contribution in [0.1, 0.15) is 17.3 Å². The van der Waals surface area contributed by atoms with E-state index in [1.807, 2.05) is 0 Å². The molecule has 110 valence electrons. The lowest BCUT2D eigenvalue weighted by Crippen LogP contribution is -2.14. The number of carbonyl (C=O) groups excluding carboxylic acids is 1. The number of hydrogen-bond donors (Lipinski definition) is 1. The first-order chi connectivity index (χ1) is 9.79. The third kappa shape index (κ3) is 3.68. The zero-order valence-electron chi connectivity index (χ0n) is 10.9. The Kier molecular flexibility index (Phi) is 4.43. The van der Waals surface area contributed by atoms with Gasteiger partial charge in [-0.1, -0.05) is 15.9 Å². The molecule has 0 heterocycles. The number of halogens is 2. The molecule has 0 aliphatic rings. The third-order valence-electron chi connectivity index (χ3n) is 2.73. The van der Waals surface area contributed by atoms with Crippen LogP contribution >= 0.6 is 15.9 Å². The van der Waals surface area contributed by atoms with Crippen LogP contribution in [-0.2, 0) is 10.0 Å². The Morgan fingerprint density at radius 3 is 2.29 bits per heavy atom. The highest BCUT2D eigenvalue weighted by molar-refractivity contribution is 9.10. The first kappa shape index (κ1) is 15.7. The van der Waals surface area contributed by atoms with Gasteiger partial charge in [-0.15, -0.1) is 0 Å². The van der Waals surface area contributed by atoms with E-state index in [1.54, 1.807) is 0 Å². The third-order valence-corrected chi connectivity index (χ3v) is 4.63. The number of hydrogen-bond acceptors (Lipinski definition) is 3. The van der Waals surface area contributed by atoms with Crippen LogP contribution < -0.4 is 4.72 Å². The highest BCUT2D eigenvalue weighted by Crippen LogP contribution is 2.22. The summed E-state index contributed by atoms with van der Waals surface area (Å²) in [5.74, 6) is -0.972. The Labute approximate surface area is 130 Å². The van der Waals surface area contributed by atoms with Crippen LogP contribution in [0.2, 0.25) is 0 Å². The standard InChI is InChI=1S/C14H11BrFNO3S/c1-9(18)10-2-5-12(6-3-10)17-21(19,20)14-7-4-11(15)8-13(14)16/h2-8,17H,1H3. The molecular weight excluding hydrogens is 361 g/mol. The van der Waals surface area contributed by atoms with Crippen molar-refractivity contribution in [1.29, 1.82) is 0 Å². The fraction of sp³-hybridized carbons (Fsp3) is 0.0714. The summed E-state index contributed by atoms with van der Waals surface area (Å²) < 4.78 is 40.7. The van der Waals surface area contributed by atoms with Crippen LogP contribution in [0.4, 0.5) is 10.1 Å². The molecule has 4 nitrogen and oxygen atoms in total. The first-order valence-electron chi connectivity index (χ1n) is 5.88. The maximum atomic E-state index is 13.7. The van der Waals surface area contributed by atoms with Gasteiger partial charge in [-0.05, 0) is 49.4 Å². The molecule has 0 aromatic heterocycles. The van der Waals surface area contributed by atoms with Crippen molar-refractivity contribution in [2.45, 2.75) is 11.8 Å². The minimum atomic E-state index is -4.02. The van der Waals surface area contributed by atoms with Crippen molar-refractivity contribution in [1.82, 2.24) is 0 Å². The molecule has 1 N–H and O–H groups in total. The summed E-state index contributed by atoms with van der Waals surface area (Å²) in [5, 5.41) is 0. The predicted octanol–water partition coefficient (Wildman–Crippen LogP) is 3.59. The van der Waals surface area contributed by atoms with E-state index in [2.05, 4.69) is 20.7 Å². The van der Waals surface area contributed by atoms with E-state index in [-0.39, 0.29) is 11.5 Å². The summed E-state index contributed by atoms with van der Waals surface area (Å²) in [7, 11) is -4.02. The normalized spacial score (nSPS) is 11.2. The van der Waals surface area contributed by atoms with Crippen LogP contribution in [0.5, 0.6) is 0 Å². The van der Waals surface area contributed by atoms with Gasteiger partial charge in [0.2, 0.25) is 0 Å². The molecule has 21 heavy (non-hydrogen) atoms. The molecule has 2 aromatic carbocycles. The quantitative estimate of drug-likeness (QED) is 0.835. The van der Waals surface area contributed by atoms with Crippen molar-refractivity contribution in [3.05, 3.63) is 58.3 Å². The van der Waals surface area contributed by atoms with Gasteiger partial charge < -0.3 is 0 Å². The highest BCUT2D eigenvalue weighted by Gasteiger charge is 2.19. The van der Waals surface area contributed by atoms with Crippen molar-refractivity contribution in [2.75, 3.05) is 4.72 Å². The van der Waals surface area contributed by atoms with Crippen LogP contribution in [0.15, 0.2) is 51.8 Å². The first-order valence-corrected chi connectivity index (χ1v) is 8.16. The number of Topliss-reactive ketones (excluding diaryl/α,β-unsaturated/α-hetero) is 1. The zero-order chi connectivity index (χ0) is 15.6. The monoisotopic (exact) mass is 371 g/mol. The SMILES string of the molecule is CC(=O)c1ccc(NS(=O)(=O)c2ccc(Br)cc2F)cc1. The van der Waals surface area contributed by atoms with Crippen LogP contribution in [0.25, 0.3) is 0 Å². The Morgan fingerprint density at radius 1 is 1.14 bits per heavy atom. The minimum absolute atomic E-state index is 0.122. The molecule has 0 radical (unpaired) electrons. The Bertz CT molecular complexity index is 788. The van der Waals surface area contributed by atoms with Crippen molar-refractivity contribution >= 4 is 37.4 Å². The van der Waals surface area contributed by atoms with Gasteiger partial charge in [0, 0.05) is 15.7 Å². The maximum Gasteiger partial charge on any atom is 0.264 e. The van der Waals surface area contributed by atoms with Gasteiger partial charge in [-0.2, -0.15) is 0 Å². The average Bonchev–Trinajstić information content (AvgIpc) is 2.38. The average molecular weight is 372 g/mol. The summed E-state index contributed by atoms with van der Waals surface area (Å²) in [5.41, 5.74) is 0.718. The molecule has 0 fully saturated rings. The molecule has 0 saturated heterocycles. The van der Waals surface area contributed by atoms with Gasteiger partial charge in [0.15, 0.2) is 5.78 Å². The van der Waals surface area contributed by atoms with E-state index in [1.165, 1.54) is 43.3 Å². The number of anilines is 1. The largest absolute Gasteiger partial charge is 0.295 e. The molecule has 0 aliphatic carbocycles. The van der Waals surface area contributed by atoms with Gasteiger partial charge in [0.25, 0.3) is 10.0 Å². The van der Waals surface area contributed by atoms with Crippen molar-refractivity contribution in [3.8, 4) is 0 Å². The molecule has 0 saturated carbocycles. The van der Waals surface area contributed by atoms with Crippen LogP contribution in [0.3, 0.4) is 0 Å². The number of carbonyl (C=O) groups is 1. The Hall–Kier alpha value is -1.73. The van der Waals surface area contributed by atoms with Gasteiger partial charge in [0.05, 0.1) is 0 Å². The van der Waals surface area contributed by atoms with Gasteiger partial charge in [-0.3, -0.25) is 9.52 Å². The minimum Gasteiger partial charge on any atom is -0.295 e. The maximum absolute atomic E-state index is 13.7. The van der Waals surface area contributed by atoms with Gasteiger partial charge in [-0.25, -0.2) is 12.8 Å². The molecule has 0 unspecified atom stereocenters. The summed E-state index contributed by atoms with van der Waals surface area (Å²) in [6.07, 6.45) is 0. The lowest BCUT2D eigenvalue weighted by Gasteiger charge is -2.09. The van der Waals surface area contributed by atoms with Gasteiger partial charge >= 0.3 is 0 Å². The van der Waals surface area contributed by atoms with E-state index < -0.39 is 20.7 Å². The number of benzene rings is 2. The molecule has 0 aliphatic heterocycles. The number of ketones is 1. The summed E-state index contributed by atoms with van der Waals surface area (Å²) in [6, 6.07) is 9.59. The summed E-state index contributed by atoms with van der Waals surface area (Å²) in [4.78, 5) is 10.7. The fourth-order valence-corrected chi connectivity index (χ4v) is 3.13. The lowest BCUT2D eigenvalue weighted by molar-refractivity contribution is 0.101. The molecule has 0 bridgehead atoms. The van der Waals surface area contributed by atoms with E-state index in [0.717, 1.165) is 6.07 Å². The second-order valence-electron chi connectivity index (χ2n) is 4.31. The Balaban J connectivity index is 2.30. The van der Waals surface area contributed by atoms with E-state index in [0.29, 0.717) is 10.0 Å². The smallest absolute Gasteiger partial charge is 0.264 e. The second kappa shape index (κ2) is 5.95. The summed E-state index contributed by atoms with van der Waals surface area (Å²) >= 11 is 3.06. The van der Waals surface area contributed by atoms with E-state index >= 15 is 0 Å². The molecule has 0 amide bonds. The molecule has 0 spiro atoms. The van der Waals surface area contributed by atoms with E-state index in [9.17, 15) is 17.6 Å². The molecule has 2 aromatic rings. The molecule has 0 atom stereocenters. The Morgan fingerprint density at radius 2 is 1.76 bits per heavy atom. The van der Waals surface area contributed by atoms with Crippen molar-refractivity contribution in [2.24, 2.45) is 0 Å². The zero-order valence-corrected chi connectivity index (χ0v) is 13.3. The number of nitrogens with one attached hydrogen (secondary N) is 1. The van der Waals surface area contributed by atoms with Crippen LogP contribution in [-0.4, -0.2) is 14.2 Å². The van der Waals surface area contributed by atoms with E-state index in [4.69, 9.17) is 0 Å². The predicted molar refractivity (Wildman–Crippen MR) is 81.4 cm³/mol. The van der Waals surface area contributed by atoms with Gasteiger partial charge in [0.1, 0.15) is 10.7 Å². The van der Waals surface area contributed by atoms with Crippen molar-refractivity contribution < 1.29 is 17.6 Å². The molecule has 2 rings (SSSR count). The fourth-order valence-electron chi connectivity index (χ4n) is 1.68. The second-order valence-corrected chi connectivity index (χ2v) is 6.88. The molecule has 7 heteroatoms. The van der Waals surface area contributed by atoms with Crippen LogP contribution in [0, 0.1) is 5.82 Å². The molecular formula is C14H11BrFNO3S. The highest BCUT2D eigenvalue weighted by atomic mass is 79.9. The van der Waals surface area contributed by atoms with Crippen molar-refractivity contribution in [3.63, 3.8) is 0 Å². The number of sulfonamides is 1.